The Balaban J connectivity index is 0.00000392. The molecule has 0 aliphatic carbocycles. The van der Waals surface area contributed by atoms with Crippen LogP contribution in [0.25, 0.3) is 0 Å². The number of ether oxygens (including phenoxy) is 2. The number of benzene rings is 2. The third kappa shape index (κ3) is 6.73. The van der Waals surface area contributed by atoms with Crippen molar-refractivity contribution in [2.24, 2.45) is 5.73 Å². The van der Waals surface area contributed by atoms with Crippen molar-refractivity contribution in [2.45, 2.75) is 45.2 Å². The molecule has 0 aromatic heterocycles. The smallest absolute Gasteiger partial charge is 0.241 e. The van der Waals surface area contributed by atoms with Crippen molar-refractivity contribution in [2.75, 3.05) is 13.7 Å². The highest BCUT2D eigenvalue weighted by molar-refractivity contribution is 5.85. The molecule has 0 aliphatic rings. The lowest BCUT2D eigenvalue weighted by atomic mass is 10.0. The van der Waals surface area contributed by atoms with Crippen LogP contribution in [0.2, 0.25) is 0 Å². The highest BCUT2D eigenvalue weighted by Gasteiger charge is 2.19. The summed E-state index contributed by atoms with van der Waals surface area (Å²) in [5.41, 5.74) is 7.79. The highest BCUT2D eigenvalue weighted by atomic mass is 35.5. The molecule has 154 valence electrons. The zero-order chi connectivity index (χ0) is 19.6. The Hall–Kier alpha value is -2.24. The van der Waals surface area contributed by atoms with Gasteiger partial charge in [-0.05, 0) is 36.6 Å². The summed E-state index contributed by atoms with van der Waals surface area (Å²) in [7, 11) is 1.62. The molecule has 0 saturated heterocycles. The predicted octanol–water partition coefficient (Wildman–Crippen LogP) is 4.56. The quantitative estimate of drug-likeness (QED) is 0.567. The summed E-state index contributed by atoms with van der Waals surface area (Å²) in [6.45, 7) is 4.75. The Kier molecular flexibility index (Phi) is 10.4. The average molecular weight is 407 g/mol. The molecule has 2 rings (SSSR count). The van der Waals surface area contributed by atoms with E-state index in [1.807, 2.05) is 55.5 Å². The molecule has 0 radical (unpaired) electrons. The van der Waals surface area contributed by atoms with Crippen LogP contribution in [0.5, 0.6) is 11.5 Å². The lowest BCUT2D eigenvalue weighted by molar-refractivity contribution is -0.123. The van der Waals surface area contributed by atoms with E-state index in [-0.39, 0.29) is 24.4 Å². The van der Waals surface area contributed by atoms with Crippen LogP contribution in [0.15, 0.2) is 48.5 Å². The van der Waals surface area contributed by atoms with E-state index in [4.69, 9.17) is 15.2 Å². The Morgan fingerprint density at radius 1 is 1.07 bits per heavy atom. The summed E-state index contributed by atoms with van der Waals surface area (Å²) in [4.78, 5) is 12.5. The number of methoxy groups -OCH3 is 1. The molecule has 2 aromatic rings. The number of nitrogens with one attached hydrogen (secondary N) is 1. The van der Waals surface area contributed by atoms with E-state index in [1.54, 1.807) is 7.11 Å². The monoisotopic (exact) mass is 406 g/mol. The molecule has 0 bridgehead atoms. The summed E-state index contributed by atoms with van der Waals surface area (Å²) < 4.78 is 11.3. The van der Waals surface area contributed by atoms with Crippen LogP contribution in [-0.2, 0) is 4.79 Å². The minimum Gasteiger partial charge on any atom is -0.493 e. The minimum absolute atomic E-state index is 0. The van der Waals surface area contributed by atoms with E-state index in [0.29, 0.717) is 12.4 Å². The van der Waals surface area contributed by atoms with Gasteiger partial charge in [-0.15, -0.1) is 12.4 Å². The first-order chi connectivity index (χ1) is 13.1. The lowest BCUT2D eigenvalue weighted by Gasteiger charge is -2.19. The number of hydrogen-bond donors (Lipinski definition) is 2. The maximum absolute atomic E-state index is 12.5. The molecule has 0 aliphatic heterocycles. The number of halogens is 1. The van der Waals surface area contributed by atoms with Crippen LogP contribution in [0, 0.1) is 0 Å². The molecule has 0 saturated carbocycles. The fourth-order valence-electron chi connectivity index (χ4n) is 2.81. The number of hydrogen-bond acceptors (Lipinski definition) is 4. The fraction of sp³-hybridized carbons (Fsp3) is 0.409. The third-order valence-corrected chi connectivity index (χ3v) is 4.49. The first kappa shape index (κ1) is 23.8. The second-order valence-electron chi connectivity index (χ2n) is 6.58. The van der Waals surface area contributed by atoms with E-state index in [0.717, 1.165) is 36.1 Å². The number of nitrogens with two attached hydrogens (primary N) is 1. The Labute approximate surface area is 174 Å². The first-order valence-corrected chi connectivity index (χ1v) is 9.48. The van der Waals surface area contributed by atoms with Crippen LogP contribution < -0.4 is 20.5 Å². The van der Waals surface area contributed by atoms with Crippen molar-refractivity contribution in [3.63, 3.8) is 0 Å². The van der Waals surface area contributed by atoms with Gasteiger partial charge in [0.2, 0.25) is 5.91 Å². The second-order valence-corrected chi connectivity index (χ2v) is 6.58. The van der Waals surface area contributed by atoms with Gasteiger partial charge in [0.25, 0.3) is 0 Å². The van der Waals surface area contributed by atoms with Crippen LogP contribution in [0.3, 0.4) is 0 Å². The maximum Gasteiger partial charge on any atom is 0.241 e. The average Bonchev–Trinajstić information content (AvgIpc) is 2.71. The summed E-state index contributed by atoms with van der Waals surface area (Å²) in [5, 5.41) is 2.96. The van der Waals surface area contributed by atoms with Crippen molar-refractivity contribution in [1.29, 1.82) is 0 Å². The van der Waals surface area contributed by atoms with Crippen molar-refractivity contribution >= 4 is 18.3 Å². The number of amides is 1. The van der Waals surface area contributed by atoms with Gasteiger partial charge in [0.15, 0.2) is 11.5 Å². The molecule has 6 heteroatoms. The van der Waals surface area contributed by atoms with Gasteiger partial charge < -0.3 is 20.5 Å². The third-order valence-electron chi connectivity index (χ3n) is 4.49. The summed E-state index contributed by atoms with van der Waals surface area (Å²) in [6.07, 6.45) is 3.32. The predicted molar refractivity (Wildman–Crippen MR) is 115 cm³/mol. The van der Waals surface area contributed by atoms with E-state index in [2.05, 4.69) is 12.2 Å². The van der Waals surface area contributed by atoms with Crippen molar-refractivity contribution < 1.29 is 14.3 Å². The van der Waals surface area contributed by atoms with Crippen LogP contribution in [0.1, 0.15) is 56.3 Å². The van der Waals surface area contributed by atoms with Gasteiger partial charge in [-0.3, -0.25) is 4.79 Å². The normalized spacial score (nSPS) is 12.4. The second kappa shape index (κ2) is 12.3. The molecular formula is C22H31ClN2O3. The zero-order valence-electron chi connectivity index (χ0n) is 16.8. The maximum atomic E-state index is 12.5. The summed E-state index contributed by atoms with van der Waals surface area (Å²) in [6, 6.07) is 14.2. The van der Waals surface area contributed by atoms with Gasteiger partial charge >= 0.3 is 0 Å². The molecule has 2 aromatic carbocycles. The lowest BCUT2D eigenvalue weighted by Crippen LogP contribution is -2.35. The molecule has 0 spiro atoms. The largest absolute Gasteiger partial charge is 0.493 e. The molecule has 0 heterocycles. The molecular weight excluding hydrogens is 376 g/mol. The molecule has 3 N–H and O–H groups in total. The highest BCUT2D eigenvalue weighted by Crippen LogP contribution is 2.30. The number of unbranched alkanes of at least 4 members (excludes halogenated alkanes) is 2. The molecule has 28 heavy (non-hydrogen) atoms. The SMILES string of the molecule is CCCCCOc1ccc(C(C)NC(=O)C(N)c2ccccc2)cc1OC.Cl. The fourth-order valence-corrected chi connectivity index (χ4v) is 2.81. The van der Waals surface area contributed by atoms with Crippen molar-refractivity contribution in [3.8, 4) is 11.5 Å². The molecule has 2 unspecified atom stereocenters. The van der Waals surface area contributed by atoms with E-state index in [1.165, 1.54) is 0 Å². The van der Waals surface area contributed by atoms with Crippen LogP contribution in [0.4, 0.5) is 0 Å². The molecule has 1 amide bonds. The molecule has 0 fully saturated rings. The first-order valence-electron chi connectivity index (χ1n) is 9.48. The Morgan fingerprint density at radius 3 is 2.43 bits per heavy atom. The topological polar surface area (TPSA) is 73.6 Å². The van der Waals surface area contributed by atoms with Gasteiger partial charge in [0, 0.05) is 0 Å². The van der Waals surface area contributed by atoms with E-state index >= 15 is 0 Å². The van der Waals surface area contributed by atoms with Crippen LogP contribution >= 0.6 is 12.4 Å². The number of carbonyl (C=O) groups excluding carboxylic acids is 1. The Morgan fingerprint density at radius 2 is 1.79 bits per heavy atom. The summed E-state index contributed by atoms with van der Waals surface area (Å²) in [5.74, 6) is 1.17. The Bertz CT molecular complexity index is 725. The standard InChI is InChI=1S/C22H30N2O3.ClH/c1-4-5-9-14-27-19-13-12-18(15-20(19)26-3)16(2)24-22(25)21(23)17-10-7-6-8-11-17;/h6-8,10-13,15-16,21H,4-5,9,14,23H2,1-3H3,(H,24,25);1H. The van der Waals surface area contributed by atoms with Crippen LogP contribution in [-0.4, -0.2) is 19.6 Å². The van der Waals surface area contributed by atoms with E-state index < -0.39 is 6.04 Å². The van der Waals surface area contributed by atoms with Gasteiger partial charge in [-0.25, -0.2) is 0 Å². The number of carbonyl (C=O) groups is 1. The molecule has 2 atom stereocenters. The van der Waals surface area contributed by atoms with Gasteiger partial charge in [-0.1, -0.05) is 56.2 Å². The zero-order valence-corrected chi connectivity index (χ0v) is 17.6. The van der Waals surface area contributed by atoms with Gasteiger partial charge in [0.1, 0.15) is 6.04 Å². The number of rotatable bonds is 10. The van der Waals surface area contributed by atoms with Gasteiger partial charge in [-0.2, -0.15) is 0 Å². The van der Waals surface area contributed by atoms with E-state index in [9.17, 15) is 4.79 Å². The summed E-state index contributed by atoms with van der Waals surface area (Å²) >= 11 is 0. The van der Waals surface area contributed by atoms with Gasteiger partial charge in [0.05, 0.1) is 19.8 Å². The molecule has 5 nitrogen and oxygen atoms in total. The van der Waals surface area contributed by atoms with Crippen molar-refractivity contribution in [1.82, 2.24) is 5.32 Å². The minimum atomic E-state index is -0.697. The van der Waals surface area contributed by atoms with Crippen molar-refractivity contribution in [3.05, 3.63) is 59.7 Å².